The van der Waals surface area contributed by atoms with Crippen LogP contribution in [0.15, 0.2) is 0 Å². The summed E-state index contributed by atoms with van der Waals surface area (Å²) in [4.78, 5) is 0. The van der Waals surface area contributed by atoms with Gasteiger partial charge in [-0.2, -0.15) is 43.2 Å². The SMILES string of the molecule is O=S(=O)(O[B]OS(=O)(=O)C(F)(F)F)C(F)(F)F. The van der Waals surface area contributed by atoms with Gasteiger partial charge in [-0.05, 0) is 0 Å². The van der Waals surface area contributed by atoms with Crippen LogP contribution in [0.4, 0.5) is 26.3 Å². The average Bonchev–Trinajstić information content (AvgIpc) is 1.98. The smallest absolute Gasteiger partial charge is 0.293 e. The first-order valence-corrected chi connectivity index (χ1v) is 5.83. The van der Waals surface area contributed by atoms with Crippen molar-refractivity contribution in [2.75, 3.05) is 0 Å². The van der Waals surface area contributed by atoms with Crippen LogP contribution in [0.3, 0.4) is 0 Å². The molecule has 0 aliphatic rings. The fourth-order valence-electron chi connectivity index (χ4n) is 0.229. The Balaban J connectivity index is 4.58. The summed E-state index contributed by atoms with van der Waals surface area (Å²) >= 11 is 0. The molecule has 0 aromatic heterocycles. The first kappa shape index (κ1) is 16.5. The predicted molar refractivity (Wildman–Crippen MR) is 37.9 cm³/mol. The monoisotopic (exact) mass is 309 g/mol. The lowest BCUT2D eigenvalue weighted by molar-refractivity contribution is -0.0519. The van der Waals surface area contributed by atoms with Crippen molar-refractivity contribution in [1.29, 1.82) is 0 Å². The molecule has 0 bridgehead atoms. The second kappa shape index (κ2) is 4.62. The Labute approximate surface area is 91.1 Å². The van der Waals surface area contributed by atoms with Crippen molar-refractivity contribution in [1.82, 2.24) is 0 Å². The maximum Gasteiger partial charge on any atom is 0.521 e. The van der Waals surface area contributed by atoms with Gasteiger partial charge in [0.15, 0.2) is 0 Å². The van der Waals surface area contributed by atoms with Crippen molar-refractivity contribution in [2.24, 2.45) is 0 Å². The lowest BCUT2D eigenvalue weighted by Crippen LogP contribution is -2.31. The van der Waals surface area contributed by atoms with E-state index >= 15 is 0 Å². The lowest BCUT2D eigenvalue weighted by Gasteiger charge is -2.09. The Bertz CT molecular complexity index is 414. The Kier molecular flexibility index (Phi) is 4.47. The Morgan fingerprint density at radius 1 is 0.706 bits per heavy atom. The van der Waals surface area contributed by atoms with Gasteiger partial charge in [-0.25, -0.2) is 0 Å². The number of halogens is 6. The molecule has 0 saturated heterocycles. The highest BCUT2D eigenvalue weighted by atomic mass is 32.2. The van der Waals surface area contributed by atoms with Crippen LogP contribution in [0.25, 0.3) is 0 Å². The Morgan fingerprint density at radius 3 is 1.12 bits per heavy atom. The molecule has 0 aromatic carbocycles. The maximum atomic E-state index is 11.5. The third-order valence-corrected chi connectivity index (χ3v) is 2.70. The van der Waals surface area contributed by atoms with E-state index in [-0.39, 0.29) is 0 Å². The van der Waals surface area contributed by atoms with Gasteiger partial charge >= 0.3 is 38.9 Å². The van der Waals surface area contributed by atoms with Crippen LogP contribution in [-0.4, -0.2) is 35.5 Å². The summed E-state index contributed by atoms with van der Waals surface area (Å²) in [5.74, 6) is 0. The van der Waals surface area contributed by atoms with E-state index in [1.54, 1.807) is 0 Å². The van der Waals surface area contributed by atoms with E-state index in [0.29, 0.717) is 0 Å². The quantitative estimate of drug-likeness (QED) is 0.420. The molecule has 0 atom stereocenters. The summed E-state index contributed by atoms with van der Waals surface area (Å²) < 4.78 is 115. The highest BCUT2D eigenvalue weighted by Gasteiger charge is 2.50. The minimum Gasteiger partial charge on any atom is -0.293 e. The van der Waals surface area contributed by atoms with Crippen LogP contribution in [0.5, 0.6) is 0 Å². The van der Waals surface area contributed by atoms with Crippen molar-refractivity contribution in [3.05, 3.63) is 0 Å². The highest BCUT2D eigenvalue weighted by molar-refractivity contribution is 7.89. The molecule has 101 valence electrons. The first-order chi connectivity index (χ1) is 7.21. The Hall–Kier alpha value is -0.535. The molecule has 0 heterocycles. The van der Waals surface area contributed by atoms with Crippen LogP contribution in [-0.2, 0) is 28.4 Å². The number of rotatable bonds is 4. The normalized spacial score (nSPS) is 14.7. The molecule has 0 amide bonds. The van der Waals surface area contributed by atoms with Gasteiger partial charge in [0.25, 0.3) is 0 Å². The minimum absolute atomic E-state index is 1.11. The first-order valence-electron chi connectivity index (χ1n) is 3.01. The summed E-state index contributed by atoms with van der Waals surface area (Å²) in [7, 11) is -13.7. The standard InChI is InChI=1S/C2BF6O6S2/c4-1(5,6)16(10,11)14-3-15-17(12,13)2(7,8)9. The van der Waals surface area contributed by atoms with Crippen molar-refractivity contribution < 1.29 is 51.4 Å². The summed E-state index contributed by atoms with van der Waals surface area (Å²) in [6, 6.07) is 0. The zero-order chi connectivity index (χ0) is 14.1. The van der Waals surface area contributed by atoms with Crippen molar-refractivity contribution >= 4 is 27.9 Å². The van der Waals surface area contributed by atoms with Gasteiger partial charge in [0.05, 0.1) is 0 Å². The van der Waals surface area contributed by atoms with Gasteiger partial charge in [-0.15, -0.1) is 0 Å². The van der Waals surface area contributed by atoms with E-state index in [1.165, 1.54) is 0 Å². The third kappa shape index (κ3) is 4.32. The lowest BCUT2D eigenvalue weighted by atomic mass is 10.4. The molecule has 0 spiro atoms. The van der Waals surface area contributed by atoms with E-state index in [1.807, 2.05) is 0 Å². The molecule has 1 radical (unpaired) electrons. The van der Waals surface area contributed by atoms with Crippen molar-refractivity contribution in [2.45, 2.75) is 11.0 Å². The largest absolute Gasteiger partial charge is 0.521 e. The van der Waals surface area contributed by atoms with Gasteiger partial charge in [-0.1, -0.05) is 0 Å². The predicted octanol–water partition coefficient (Wildman–Crippen LogP) is 0.253. The molecule has 0 aliphatic carbocycles. The molecule has 0 fully saturated rings. The molecular formula is C2BF6O6S2. The van der Waals surface area contributed by atoms with E-state index in [2.05, 4.69) is 8.20 Å². The molecule has 0 rings (SSSR count). The van der Waals surface area contributed by atoms with Crippen molar-refractivity contribution in [3.63, 3.8) is 0 Å². The molecule has 0 saturated carbocycles. The second-order valence-corrected chi connectivity index (χ2v) is 5.22. The topological polar surface area (TPSA) is 86.7 Å². The maximum absolute atomic E-state index is 11.5. The second-order valence-electron chi connectivity index (χ2n) is 2.09. The van der Waals surface area contributed by atoms with E-state index in [9.17, 15) is 43.2 Å². The number of hydrogen-bond donors (Lipinski definition) is 0. The van der Waals surface area contributed by atoms with Crippen LogP contribution in [0.2, 0.25) is 0 Å². The fraction of sp³-hybridized carbons (Fsp3) is 1.00. The zero-order valence-corrected chi connectivity index (χ0v) is 8.74. The molecule has 17 heavy (non-hydrogen) atoms. The van der Waals surface area contributed by atoms with Crippen LogP contribution in [0.1, 0.15) is 0 Å². The summed E-state index contributed by atoms with van der Waals surface area (Å²) in [6.07, 6.45) is 0. The average molecular weight is 309 g/mol. The Morgan fingerprint density at radius 2 is 0.941 bits per heavy atom. The van der Waals surface area contributed by atoms with E-state index in [4.69, 9.17) is 0 Å². The molecule has 15 heteroatoms. The highest BCUT2D eigenvalue weighted by Crippen LogP contribution is 2.26. The number of alkyl halides is 6. The molecule has 0 aromatic rings. The molecular weight excluding hydrogens is 309 g/mol. The van der Waals surface area contributed by atoms with Crippen molar-refractivity contribution in [3.8, 4) is 0 Å². The van der Waals surface area contributed by atoms with E-state index < -0.39 is 38.9 Å². The summed E-state index contributed by atoms with van der Waals surface area (Å²) in [5, 5.41) is 0. The minimum atomic E-state index is -6.28. The molecule has 0 aliphatic heterocycles. The fourth-order valence-corrected chi connectivity index (χ4v) is 0.782. The van der Waals surface area contributed by atoms with Crippen LogP contribution < -0.4 is 0 Å². The zero-order valence-electron chi connectivity index (χ0n) is 7.11. The van der Waals surface area contributed by atoms with Gasteiger partial charge < -0.3 is 0 Å². The number of hydrogen-bond acceptors (Lipinski definition) is 6. The van der Waals surface area contributed by atoms with Gasteiger partial charge in [-0.3, -0.25) is 8.20 Å². The van der Waals surface area contributed by atoms with Crippen LogP contribution >= 0.6 is 0 Å². The summed E-state index contributed by atoms with van der Waals surface area (Å²) in [5.41, 5.74) is -11.9. The molecule has 6 nitrogen and oxygen atoms in total. The third-order valence-electron chi connectivity index (χ3n) is 0.899. The van der Waals surface area contributed by atoms with E-state index in [0.717, 1.165) is 0 Å². The molecule has 0 unspecified atom stereocenters. The van der Waals surface area contributed by atoms with Gasteiger partial charge in [0.2, 0.25) is 0 Å². The van der Waals surface area contributed by atoms with Gasteiger partial charge in [0.1, 0.15) is 0 Å². The van der Waals surface area contributed by atoms with Gasteiger partial charge in [0, 0.05) is 0 Å². The molecule has 0 N–H and O–H groups in total. The van der Waals surface area contributed by atoms with Crippen LogP contribution in [0, 0.1) is 0 Å². The summed E-state index contributed by atoms with van der Waals surface area (Å²) in [6.45, 7) is 0.